The van der Waals surface area contributed by atoms with Crippen LogP contribution in [0.3, 0.4) is 0 Å². The number of carbonyl (C=O) groups excluding carboxylic acids is 1. The first-order valence-corrected chi connectivity index (χ1v) is 9.39. The summed E-state index contributed by atoms with van der Waals surface area (Å²) in [7, 11) is 0. The second-order valence-electron chi connectivity index (χ2n) is 6.71. The summed E-state index contributed by atoms with van der Waals surface area (Å²) in [6.07, 6.45) is 2.32. The largest absolute Gasteiger partial charge is 0.509 e. The molecule has 0 N–H and O–H groups in total. The molecule has 3 nitrogen and oxygen atoms in total. The third-order valence-electron chi connectivity index (χ3n) is 3.98. The fraction of sp³-hybridized carbons (Fsp3) is 0.381. The Morgan fingerprint density at radius 1 is 1.00 bits per heavy atom. The van der Waals surface area contributed by atoms with Gasteiger partial charge in [0, 0.05) is 4.47 Å². The lowest BCUT2D eigenvalue weighted by atomic mass is 10.0. The first kappa shape index (κ1) is 19.5. The third kappa shape index (κ3) is 6.54. The van der Waals surface area contributed by atoms with Crippen molar-refractivity contribution in [3.63, 3.8) is 0 Å². The summed E-state index contributed by atoms with van der Waals surface area (Å²) in [5, 5.41) is 0. The van der Waals surface area contributed by atoms with Crippen molar-refractivity contribution in [1.29, 1.82) is 0 Å². The summed E-state index contributed by atoms with van der Waals surface area (Å²) in [6.45, 7) is 6.16. The maximum Gasteiger partial charge on any atom is 0.509 e. The molecule has 0 spiro atoms. The number of hydrogen-bond acceptors (Lipinski definition) is 3. The van der Waals surface area contributed by atoms with Crippen LogP contribution in [0.25, 0.3) is 11.1 Å². The van der Waals surface area contributed by atoms with Crippen LogP contribution in [-0.4, -0.2) is 11.8 Å². The van der Waals surface area contributed by atoms with Crippen molar-refractivity contribution in [3.8, 4) is 11.1 Å². The summed E-state index contributed by atoms with van der Waals surface area (Å²) in [4.78, 5) is 11.9. The van der Waals surface area contributed by atoms with E-state index in [0.717, 1.165) is 40.4 Å². The zero-order valence-corrected chi connectivity index (χ0v) is 16.6. The average Bonchev–Trinajstić information content (AvgIpc) is 2.59. The van der Waals surface area contributed by atoms with Gasteiger partial charge in [0.2, 0.25) is 0 Å². The van der Waals surface area contributed by atoms with Crippen LogP contribution in [0.4, 0.5) is 4.79 Å². The predicted octanol–water partition coefficient (Wildman–Crippen LogP) is 6.74. The number of ether oxygens (including phenoxy) is 2. The zero-order chi connectivity index (χ0) is 18.3. The molecule has 2 aromatic carbocycles. The summed E-state index contributed by atoms with van der Waals surface area (Å²) >= 11 is 3.44. The van der Waals surface area contributed by atoms with Gasteiger partial charge in [-0.05, 0) is 55.5 Å². The van der Waals surface area contributed by atoms with Crippen molar-refractivity contribution in [2.45, 2.75) is 52.2 Å². The molecule has 25 heavy (non-hydrogen) atoms. The zero-order valence-electron chi connectivity index (χ0n) is 15.0. The minimum Gasteiger partial charge on any atom is -0.429 e. The second kappa shape index (κ2) is 9.04. The van der Waals surface area contributed by atoms with Gasteiger partial charge in [-0.25, -0.2) is 4.79 Å². The first-order chi connectivity index (χ1) is 11.9. The smallest absolute Gasteiger partial charge is 0.429 e. The third-order valence-corrected chi connectivity index (χ3v) is 4.51. The van der Waals surface area contributed by atoms with Gasteiger partial charge >= 0.3 is 6.16 Å². The standard InChI is InChI=1S/C21H25BrO3/c1-4-5-14-21(2,3)25-20(23)24-15-16-6-8-17(9-7-16)18-10-12-19(22)13-11-18/h6-13H,4-5,14-15H2,1-3H3. The van der Waals surface area contributed by atoms with Gasteiger partial charge in [-0.2, -0.15) is 0 Å². The number of benzene rings is 2. The molecule has 134 valence electrons. The molecule has 0 unspecified atom stereocenters. The fourth-order valence-corrected chi connectivity index (χ4v) is 2.75. The van der Waals surface area contributed by atoms with Crippen molar-refractivity contribution in [2.75, 3.05) is 0 Å². The molecule has 0 saturated heterocycles. The topological polar surface area (TPSA) is 35.5 Å². The summed E-state index contributed by atoms with van der Waals surface area (Å²) in [5.74, 6) is 0. The Labute approximate surface area is 158 Å². The van der Waals surface area contributed by atoms with Gasteiger partial charge in [0.25, 0.3) is 0 Å². The van der Waals surface area contributed by atoms with Crippen LogP contribution in [0.5, 0.6) is 0 Å². The average molecular weight is 405 g/mol. The fourth-order valence-electron chi connectivity index (χ4n) is 2.49. The SMILES string of the molecule is CCCCC(C)(C)OC(=O)OCc1ccc(-c2ccc(Br)cc2)cc1. The van der Waals surface area contributed by atoms with E-state index in [-0.39, 0.29) is 6.61 Å². The van der Waals surface area contributed by atoms with E-state index in [0.29, 0.717) is 0 Å². The van der Waals surface area contributed by atoms with E-state index >= 15 is 0 Å². The molecule has 0 radical (unpaired) electrons. The summed E-state index contributed by atoms with van der Waals surface area (Å²) in [6, 6.07) is 16.1. The maximum absolute atomic E-state index is 11.9. The molecular formula is C21H25BrO3. The lowest BCUT2D eigenvalue weighted by Crippen LogP contribution is -2.28. The molecule has 0 heterocycles. The molecule has 0 amide bonds. The minimum absolute atomic E-state index is 0.212. The van der Waals surface area contributed by atoms with Crippen LogP contribution in [0.1, 0.15) is 45.6 Å². The summed E-state index contributed by atoms with van der Waals surface area (Å²) in [5.41, 5.74) is 2.72. The van der Waals surface area contributed by atoms with E-state index in [1.807, 2.05) is 50.2 Å². The molecule has 0 aliphatic heterocycles. The highest BCUT2D eigenvalue weighted by molar-refractivity contribution is 9.10. The van der Waals surface area contributed by atoms with Crippen molar-refractivity contribution >= 4 is 22.1 Å². The lowest BCUT2D eigenvalue weighted by molar-refractivity contribution is -0.0244. The van der Waals surface area contributed by atoms with Gasteiger partial charge in [-0.3, -0.25) is 0 Å². The highest BCUT2D eigenvalue weighted by Gasteiger charge is 2.23. The number of unbranched alkanes of at least 4 members (excludes halogenated alkanes) is 1. The van der Waals surface area contributed by atoms with Crippen LogP contribution in [0, 0.1) is 0 Å². The Hall–Kier alpha value is -1.81. The Morgan fingerprint density at radius 3 is 2.12 bits per heavy atom. The normalized spacial score (nSPS) is 11.2. The molecular weight excluding hydrogens is 380 g/mol. The number of halogens is 1. The summed E-state index contributed by atoms with van der Waals surface area (Å²) < 4.78 is 11.7. The lowest BCUT2D eigenvalue weighted by Gasteiger charge is -2.24. The Kier molecular flexibility index (Phi) is 7.06. The maximum atomic E-state index is 11.9. The van der Waals surface area contributed by atoms with E-state index in [2.05, 4.69) is 35.0 Å². The molecule has 0 aliphatic carbocycles. The molecule has 0 saturated carbocycles. The van der Waals surface area contributed by atoms with Gasteiger partial charge in [0.15, 0.2) is 0 Å². The Balaban J connectivity index is 1.87. The number of rotatable bonds is 7. The predicted molar refractivity (Wildman–Crippen MR) is 104 cm³/mol. The van der Waals surface area contributed by atoms with E-state index in [1.54, 1.807) is 0 Å². The van der Waals surface area contributed by atoms with Gasteiger partial charge in [-0.15, -0.1) is 0 Å². The molecule has 0 aromatic heterocycles. The van der Waals surface area contributed by atoms with Crippen molar-refractivity contribution in [3.05, 3.63) is 58.6 Å². The van der Waals surface area contributed by atoms with Crippen LogP contribution >= 0.6 is 15.9 Å². The van der Waals surface area contributed by atoms with Gasteiger partial charge in [0.05, 0.1) is 0 Å². The Morgan fingerprint density at radius 2 is 1.56 bits per heavy atom. The van der Waals surface area contributed by atoms with Crippen molar-refractivity contribution in [1.82, 2.24) is 0 Å². The van der Waals surface area contributed by atoms with Gasteiger partial charge < -0.3 is 9.47 Å². The van der Waals surface area contributed by atoms with E-state index in [9.17, 15) is 4.79 Å². The molecule has 2 rings (SSSR count). The molecule has 0 bridgehead atoms. The van der Waals surface area contributed by atoms with Crippen LogP contribution in [0.2, 0.25) is 0 Å². The van der Waals surface area contributed by atoms with Crippen LogP contribution in [0.15, 0.2) is 53.0 Å². The van der Waals surface area contributed by atoms with Gasteiger partial charge in [0.1, 0.15) is 12.2 Å². The van der Waals surface area contributed by atoms with E-state index in [4.69, 9.17) is 9.47 Å². The van der Waals surface area contributed by atoms with Crippen LogP contribution < -0.4 is 0 Å². The molecule has 2 aromatic rings. The molecule has 4 heteroatoms. The second-order valence-corrected chi connectivity index (χ2v) is 7.62. The molecule has 0 aliphatic rings. The molecule has 0 fully saturated rings. The highest BCUT2D eigenvalue weighted by Crippen LogP contribution is 2.23. The van der Waals surface area contributed by atoms with Gasteiger partial charge in [-0.1, -0.05) is 65.7 Å². The van der Waals surface area contributed by atoms with E-state index < -0.39 is 11.8 Å². The van der Waals surface area contributed by atoms with Crippen molar-refractivity contribution < 1.29 is 14.3 Å². The van der Waals surface area contributed by atoms with E-state index in [1.165, 1.54) is 0 Å². The monoisotopic (exact) mass is 404 g/mol. The minimum atomic E-state index is -0.613. The Bertz CT molecular complexity index is 675. The number of carbonyl (C=O) groups is 1. The first-order valence-electron chi connectivity index (χ1n) is 8.60. The quantitative estimate of drug-likeness (QED) is 0.479. The highest BCUT2D eigenvalue weighted by atomic mass is 79.9. The van der Waals surface area contributed by atoms with Crippen LogP contribution in [-0.2, 0) is 16.1 Å². The van der Waals surface area contributed by atoms with Crippen molar-refractivity contribution in [2.24, 2.45) is 0 Å². The number of hydrogen-bond donors (Lipinski definition) is 0. The molecule has 0 atom stereocenters.